The zero-order valence-electron chi connectivity index (χ0n) is 12.0. The Balaban J connectivity index is 2.25. The van der Waals surface area contributed by atoms with Crippen molar-refractivity contribution in [3.05, 3.63) is 48.0 Å². The minimum Gasteiger partial charge on any atom is -0.365 e. The number of nitrogens with zero attached hydrogens (tertiary/aromatic N) is 2. The standard InChI is InChI=1S/C15H16F3N3O/c1-2-9-22-13(14-19-7-8-20-14)10-21-12-6-4-3-5-11(12)15(16,17)18/h3-8,10,13H,2,9H2,1H3,(H,19,20). The first-order chi connectivity index (χ1) is 10.5. The maximum atomic E-state index is 12.9. The number of aliphatic imine (C=N–C) groups is 1. The molecular formula is C15H16F3N3O. The molecule has 0 radical (unpaired) electrons. The van der Waals surface area contributed by atoms with Gasteiger partial charge in [0.05, 0.1) is 11.3 Å². The van der Waals surface area contributed by atoms with Crippen LogP contribution in [-0.4, -0.2) is 22.8 Å². The first kappa shape index (κ1) is 16.2. The maximum Gasteiger partial charge on any atom is 0.418 e. The molecule has 2 rings (SSSR count). The largest absolute Gasteiger partial charge is 0.418 e. The van der Waals surface area contributed by atoms with Crippen molar-refractivity contribution < 1.29 is 17.9 Å². The zero-order valence-corrected chi connectivity index (χ0v) is 12.0. The molecular weight excluding hydrogens is 295 g/mol. The highest BCUT2D eigenvalue weighted by atomic mass is 19.4. The third-order valence-corrected chi connectivity index (χ3v) is 2.85. The van der Waals surface area contributed by atoms with Gasteiger partial charge in [-0.2, -0.15) is 13.2 Å². The van der Waals surface area contributed by atoms with Gasteiger partial charge in [-0.15, -0.1) is 0 Å². The van der Waals surface area contributed by atoms with Crippen LogP contribution in [0.5, 0.6) is 0 Å². The molecule has 118 valence electrons. The number of H-pyrrole nitrogens is 1. The minimum atomic E-state index is -4.45. The summed E-state index contributed by atoms with van der Waals surface area (Å²) < 4.78 is 44.3. The number of rotatable bonds is 6. The van der Waals surface area contributed by atoms with Gasteiger partial charge in [0.2, 0.25) is 0 Å². The fourth-order valence-electron chi connectivity index (χ4n) is 1.84. The molecule has 1 heterocycles. The lowest BCUT2D eigenvalue weighted by Gasteiger charge is -2.12. The number of halogens is 3. The number of nitrogens with one attached hydrogen (secondary N) is 1. The fraction of sp³-hybridized carbons (Fsp3) is 0.333. The number of imidazole rings is 1. The summed E-state index contributed by atoms with van der Waals surface area (Å²) in [6, 6.07) is 5.16. The van der Waals surface area contributed by atoms with Crippen molar-refractivity contribution in [3.8, 4) is 0 Å². The van der Waals surface area contributed by atoms with Crippen molar-refractivity contribution in [2.75, 3.05) is 6.61 Å². The van der Waals surface area contributed by atoms with Crippen LogP contribution in [0.1, 0.15) is 30.8 Å². The molecule has 0 saturated carbocycles. The highest BCUT2D eigenvalue weighted by molar-refractivity contribution is 5.70. The Bertz CT molecular complexity index is 609. The van der Waals surface area contributed by atoms with Gasteiger partial charge in [-0.05, 0) is 18.6 Å². The summed E-state index contributed by atoms with van der Waals surface area (Å²) in [6.07, 6.45) is 0.225. The number of para-hydroxylation sites is 1. The van der Waals surface area contributed by atoms with Crippen LogP contribution in [0, 0.1) is 0 Å². The van der Waals surface area contributed by atoms with E-state index in [1.807, 2.05) is 6.92 Å². The van der Waals surface area contributed by atoms with Crippen molar-refractivity contribution in [1.82, 2.24) is 9.97 Å². The summed E-state index contributed by atoms with van der Waals surface area (Å²) in [4.78, 5) is 10.9. The van der Waals surface area contributed by atoms with Crippen LogP contribution in [0.4, 0.5) is 18.9 Å². The lowest BCUT2D eigenvalue weighted by atomic mass is 10.2. The molecule has 1 atom stereocenters. The molecule has 0 aliphatic carbocycles. The van der Waals surface area contributed by atoms with E-state index in [-0.39, 0.29) is 5.69 Å². The predicted octanol–water partition coefficient (Wildman–Crippen LogP) is 4.30. The molecule has 4 nitrogen and oxygen atoms in total. The Hall–Kier alpha value is -2.15. The molecule has 0 fully saturated rings. The second-order valence-electron chi connectivity index (χ2n) is 4.56. The van der Waals surface area contributed by atoms with Crippen LogP contribution < -0.4 is 0 Å². The van der Waals surface area contributed by atoms with Crippen LogP contribution >= 0.6 is 0 Å². The van der Waals surface area contributed by atoms with Crippen LogP contribution in [0.2, 0.25) is 0 Å². The van der Waals surface area contributed by atoms with Gasteiger partial charge in [-0.1, -0.05) is 19.1 Å². The highest BCUT2D eigenvalue weighted by Gasteiger charge is 2.33. The Morgan fingerprint density at radius 2 is 2.14 bits per heavy atom. The number of benzene rings is 1. The Kier molecular flexibility index (Phi) is 5.32. The molecule has 22 heavy (non-hydrogen) atoms. The highest BCUT2D eigenvalue weighted by Crippen LogP contribution is 2.36. The van der Waals surface area contributed by atoms with Crippen LogP contribution in [0.3, 0.4) is 0 Å². The van der Waals surface area contributed by atoms with Gasteiger partial charge < -0.3 is 9.72 Å². The molecule has 7 heteroatoms. The van der Waals surface area contributed by atoms with E-state index in [1.165, 1.54) is 24.4 Å². The average molecular weight is 311 g/mol. The van der Waals surface area contributed by atoms with Crippen molar-refractivity contribution in [3.63, 3.8) is 0 Å². The van der Waals surface area contributed by atoms with Gasteiger partial charge in [-0.25, -0.2) is 4.98 Å². The van der Waals surface area contributed by atoms with E-state index in [9.17, 15) is 13.2 Å². The summed E-state index contributed by atoms with van der Waals surface area (Å²) in [5, 5.41) is 0. The van der Waals surface area contributed by atoms with Crippen molar-refractivity contribution in [2.45, 2.75) is 25.6 Å². The van der Waals surface area contributed by atoms with Crippen LogP contribution in [-0.2, 0) is 10.9 Å². The average Bonchev–Trinajstić information content (AvgIpc) is 3.01. The molecule has 2 aromatic rings. The van der Waals surface area contributed by atoms with Gasteiger partial charge in [0.25, 0.3) is 0 Å². The second kappa shape index (κ2) is 7.22. The summed E-state index contributed by atoms with van der Waals surface area (Å²) >= 11 is 0. The number of alkyl halides is 3. The number of ether oxygens (including phenoxy) is 1. The lowest BCUT2D eigenvalue weighted by Crippen LogP contribution is -2.09. The third kappa shape index (κ3) is 4.17. The Morgan fingerprint density at radius 3 is 2.77 bits per heavy atom. The first-order valence-corrected chi connectivity index (χ1v) is 6.83. The SMILES string of the molecule is CCCOC(C=Nc1ccccc1C(F)(F)F)c1ncc[nH]1. The van der Waals surface area contributed by atoms with E-state index >= 15 is 0 Å². The molecule has 1 aromatic heterocycles. The van der Waals surface area contributed by atoms with Crippen molar-refractivity contribution in [2.24, 2.45) is 4.99 Å². The van der Waals surface area contributed by atoms with E-state index in [4.69, 9.17) is 4.74 Å². The molecule has 0 aliphatic heterocycles. The lowest BCUT2D eigenvalue weighted by molar-refractivity contribution is -0.137. The monoisotopic (exact) mass is 311 g/mol. The molecule has 0 bridgehead atoms. The van der Waals surface area contributed by atoms with Crippen LogP contribution in [0.15, 0.2) is 41.7 Å². The fourth-order valence-corrected chi connectivity index (χ4v) is 1.84. The number of aromatic amines is 1. The van der Waals surface area contributed by atoms with E-state index in [0.717, 1.165) is 12.5 Å². The number of hydrogen-bond acceptors (Lipinski definition) is 3. The maximum absolute atomic E-state index is 12.9. The second-order valence-corrected chi connectivity index (χ2v) is 4.56. The molecule has 0 aliphatic rings. The molecule has 1 aromatic carbocycles. The number of aromatic nitrogens is 2. The van der Waals surface area contributed by atoms with Gasteiger partial charge >= 0.3 is 6.18 Å². The van der Waals surface area contributed by atoms with Gasteiger partial charge in [0, 0.05) is 25.2 Å². The van der Waals surface area contributed by atoms with Crippen molar-refractivity contribution >= 4 is 11.9 Å². The summed E-state index contributed by atoms with van der Waals surface area (Å²) in [7, 11) is 0. The minimum absolute atomic E-state index is 0.147. The molecule has 0 saturated heterocycles. The third-order valence-electron chi connectivity index (χ3n) is 2.85. The molecule has 0 spiro atoms. The first-order valence-electron chi connectivity index (χ1n) is 6.83. The van der Waals surface area contributed by atoms with Crippen molar-refractivity contribution in [1.29, 1.82) is 0 Å². The number of hydrogen-bond donors (Lipinski definition) is 1. The quantitative estimate of drug-likeness (QED) is 0.809. The predicted molar refractivity (Wildman–Crippen MR) is 77.2 cm³/mol. The van der Waals surface area contributed by atoms with E-state index < -0.39 is 17.8 Å². The van der Waals surface area contributed by atoms with Crippen LogP contribution in [0.25, 0.3) is 0 Å². The molecule has 1 unspecified atom stereocenters. The molecule has 0 amide bonds. The Morgan fingerprint density at radius 1 is 1.36 bits per heavy atom. The zero-order chi connectivity index (χ0) is 16.0. The van der Waals surface area contributed by atoms with E-state index in [1.54, 1.807) is 12.4 Å². The summed E-state index contributed by atoms with van der Waals surface area (Å²) in [5.41, 5.74) is -0.924. The summed E-state index contributed by atoms with van der Waals surface area (Å²) in [6.45, 7) is 2.40. The smallest absolute Gasteiger partial charge is 0.365 e. The van der Waals surface area contributed by atoms with E-state index in [0.29, 0.717) is 12.4 Å². The summed E-state index contributed by atoms with van der Waals surface area (Å²) in [5.74, 6) is 0.502. The topological polar surface area (TPSA) is 50.3 Å². The van der Waals surface area contributed by atoms with Gasteiger partial charge in [0.15, 0.2) is 6.10 Å². The normalized spacial score (nSPS) is 13.6. The van der Waals surface area contributed by atoms with Gasteiger partial charge in [-0.3, -0.25) is 4.99 Å². The van der Waals surface area contributed by atoms with Gasteiger partial charge in [0.1, 0.15) is 5.82 Å². The molecule has 1 N–H and O–H groups in total. The Labute approximate surface area is 126 Å². The van der Waals surface area contributed by atoms with E-state index in [2.05, 4.69) is 15.0 Å².